The third-order valence-corrected chi connectivity index (χ3v) is 7.84. The summed E-state index contributed by atoms with van der Waals surface area (Å²) in [5, 5.41) is 4.03. The van der Waals surface area contributed by atoms with Gasteiger partial charge in [-0.3, -0.25) is 9.69 Å². The van der Waals surface area contributed by atoms with Gasteiger partial charge in [0, 0.05) is 42.9 Å². The summed E-state index contributed by atoms with van der Waals surface area (Å²) in [6.45, 7) is 5.30. The number of ether oxygens (including phenoxy) is 1. The second-order valence-electron chi connectivity index (χ2n) is 5.69. The third kappa shape index (κ3) is 8.34. The summed E-state index contributed by atoms with van der Waals surface area (Å²) >= 11 is 1.44. The van der Waals surface area contributed by atoms with Gasteiger partial charge in [0.15, 0.2) is 0 Å². The molecule has 2 heterocycles. The molecule has 0 aromatic rings. The number of nitrogens with zero attached hydrogens (tertiary/aromatic N) is 1. The Kier molecular flexibility index (Phi) is 10.2. The fraction of sp³-hybridized carbons (Fsp3) is 0.933. The van der Waals surface area contributed by atoms with Crippen molar-refractivity contribution in [3.05, 3.63) is 0 Å². The summed E-state index contributed by atoms with van der Waals surface area (Å²) in [5.74, 6) is 2.28. The summed E-state index contributed by atoms with van der Waals surface area (Å²) in [5.41, 5.74) is 0. The predicted octanol–water partition coefficient (Wildman–Crippen LogP) is 3.48. The largest absolute Gasteiger partial charge is 0.379 e. The molecule has 1 atom stereocenters. The van der Waals surface area contributed by atoms with Crippen molar-refractivity contribution in [2.45, 2.75) is 37.4 Å². The fourth-order valence-electron chi connectivity index (χ4n) is 2.57. The number of nitrogens with one attached hydrogen (secondary N) is 1. The van der Waals surface area contributed by atoms with Crippen molar-refractivity contribution in [3.8, 4) is 0 Å². The Bertz CT molecular complexity index is 309. The number of carbonyl (C=O) groups excluding carboxylic acids is 1. The quantitative estimate of drug-likeness (QED) is 0.499. The van der Waals surface area contributed by atoms with Crippen molar-refractivity contribution >= 4 is 38.6 Å². The van der Waals surface area contributed by atoms with Gasteiger partial charge in [0.05, 0.1) is 13.2 Å². The zero-order valence-corrected chi connectivity index (χ0v) is 15.7. The Morgan fingerprint density at radius 3 is 2.91 bits per heavy atom. The number of thioether (sulfide) groups is 1. The van der Waals surface area contributed by atoms with Crippen LogP contribution >= 0.6 is 33.3 Å². The molecule has 0 radical (unpaired) electrons. The molecule has 0 aliphatic carbocycles. The summed E-state index contributed by atoms with van der Waals surface area (Å²) in [4.78, 5) is 14.1. The molecule has 2 rings (SSSR count). The van der Waals surface area contributed by atoms with E-state index in [0.29, 0.717) is 0 Å². The van der Waals surface area contributed by atoms with Crippen LogP contribution in [-0.4, -0.2) is 66.3 Å². The SMILES string of the molecule is O=C(NCCN1CCOCC1)SCCCCC[C@H]1CCSS1. The first-order chi connectivity index (χ1) is 10.8. The van der Waals surface area contributed by atoms with Gasteiger partial charge in [0.25, 0.3) is 5.24 Å². The van der Waals surface area contributed by atoms with Crippen LogP contribution in [0.5, 0.6) is 0 Å². The molecule has 0 bridgehead atoms. The molecule has 1 amide bonds. The van der Waals surface area contributed by atoms with E-state index in [1.54, 1.807) is 0 Å². The Morgan fingerprint density at radius 1 is 1.27 bits per heavy atom. The van der Waals surface area contributed by atoms with Gasteiger partial charge >= 0.3 is 0 Å². The van der Waals surface area contributed by atoms with Crippen molar-refractivity contribution in [2.24, 2.45) is 0 Å². The summed E-state index contributed by atoms with van der Waals surface area (Å²) < 4.78 is 5.31. The van der Waals surface area contributed by atoms with Crippen molar-refractivity contribution < 1.29 is 9.53 Å². The van der Waals surface area contributed by atoms with Crippen LogP contribution in [-0.2, 0) is 4.74 Å². The van der Waals surface area contributed by atoms with E-state index in [-0.39, 0.29) is 5.24 Å². The molecule has 0 saturated carbocycles. The molecular formula is C15H28N2O2S3. The summed E-state index contributed by atoms with van der Waals surface area (Å²) in [7, 11) is 4.09. The first-order valence-electron chi connectivity index (χ1n) is 8.33. The average Bonchev–Trinajstić information content (AvgIpc) is 3.05. The lowest BCUT2D eigenvalue weighted by molar-refractivity contribution is 0.0388. The molecule has 2 fully saturated rings. The summed E-state index contributed by atoms with van der Waals surface area (Å²) in [6, 6.07) is 0. The van der Waals surface area contributed by atoms with Gasteiger partial charge in [0.1, 0.15) is 0 Å². The molecule has 2 aliphatic heterocycles. The second-order valence-corrected chi connectivity index (χ2v) is 9.55. The average molecular weight is 365 g/mol. The topological polar surface area (TPSA) is 41.6 Å². The molecule has 2 saturated heterocycles. The Morgan fingerprint density at radius 2 is 2.14 bits per heavy atom. The minimum atomic E-state index is 0.135. The Labute approximate surface area is 146 Å². The fourth-order valence-corrected chi connectivity index (χ4v) is 6.34. The highest BCUT2D eigenvalue weighted by Crippen LogP contribution is 2.39. The van der Waals surface area contributed by atoms with E-state index in [2.05, 4.69) is 21.0 Å². The molecular weight excluding hydrogens is 336 g/mol. The van der Waals surface area contributed by atoms with E-state index < -0.39 is 0 Å². The smallest absolute Gasteiger partial charge is 0.279 e. The summed E-state index contributed by atoms with van der Waals surface area (Å²) in [6.07, 6.45) is 6.48. The van der Waals surface area contributed by atoms with E-state index >= 15 is 0 Å². The lowest BCUT2D eigenvalue weighted by Crippen LogP contribution is -2.40. The molecule has 0 aromatic heterocycles. The molecule has 0 unspecified atom stereocenters. The first-order valence-corrected chi connectivity index (χ1v) is 11.7. The van der Waals surface area contributed by atoms with E-state index in [1.165, 1.54) is 43.2 Å². The van der Waals surface area contributed by atoms with Crippen LogP contribution in [0.25, 0.3) is 0 Å². The van der Waals surface area contributed by atoms with Gasteiger partial charge < -0.3 is 10.1 Å². The molecule has 128 valence electrons. The monoisotopic (exact) mass is 364 g/mol. The normalized spacial score (nSPS) is 22.8. The van der Waals surface area contributed by atoms with Gasteiger partial charge in [-0.25, -0.2) is 0 Å². The number of rotatable bonds is 9. The zero-order valence-electron chi connectivity index (χ0n) is 13.3. The number of morpholine rings is 1. The third-order valence-electron chi connectivity index (χ3n) is 3.93. The molecule has 22 heavy (non-hydrogen) atoms. The highest BCUT2D eigenvalue weighted by atomic mass is 33.1. The van der Waals surface area contributed by atoms with Crippen LogP contribution in [0.15, 0.2) is 0 Å². The predicted molar refractivity (Wildman–Crippen MR) is 100 cm³/mol. The molecule has 1 N–H and O–H groups in total. The van der Waals surface area contributed by atoms with Crippen LogP contribution in [0, 0.1) is 0 Å². The van der Waals surface area contributed by atoms with Crippen LogP contribution in [0.4, 0.5) is 4.79 Å². The van der Waals surface area contributed by atoms with Crippen LogP contribution < -0.4 is 5.32 Å². The minimum Gasteiger partial charge on any atom is -0.379 e. The number of hydrogen-bond acceptors (Lipinski definition) is 6. The van der Waals surface area contributed by atoms with Gasteiger partial charge in [0.2, 0.25) is 0 Å². The Balaban J connectivity index is 1.36. The lowest BCUT2D eigenvalue weighted by atomic mass is 10.1. The van der Waals surface area contributed by atoms with E-state index in [4.69, 9.17) is 4.74 Å². The minimum absolute atomic E-state index is 0.135. The maximum absolute atomic E-state index is 11.7. The van der Waals surface area contributed by atoms with Gasteiger partial charge in [-0.1, -0.05) is 46.2 Å². The van der Waals surface area contributed by atoms with Crippen LogP contribution in [0.2, 0.25) is 0 Å². The maximum atomic E-state index is 11.7. The second kappa shape index (κ2) is 11.9. The molecule has 0 aromatic carbocycles. The van der Waals surface area contributed by atoms with Gasteiger partial charge in [-0.15, -0.1) is 0 Å². The number of unbranched alkanes of at least 4 members (excludes halogenated alkanes) is 2. The zero-order chi connectivity index (χ0) is 15.5. The Hall–Kier alpha value is 0.440. The van der Waals surface area contributed by atoms with E-state index in [9.17, 15) is 4.79 Å². The van der Waals surface area contributed by atoms with Crippen LogP contribution in [0.3, 0.4) is 0 Å². The standard InChI is InChI=1S/C15H28N2O2S3/c18-15(16-6-7-17-8-10-19-11-9-17)20-12-3-1-2-4-14-5-13-21-22-14/h14H,1-13H2,(H,16,18)/t14-/m0/s1. The molecule has 4 nitrogen and oxygen atoms in total. The maximum Gasteiger partial charge on any atom is 0.279 e. The van der Waals surface area contributed by atoms with Crippen LogP contribution in [0.1, 0.15) is 32.1 Å². The highest BCUT2D eigenvalue weighted by molar-refractivity contribution is 8.77. The van der Waals surface area contributed by atoms with Crippen molar-refractivity contribution in [1.29, 1.82) is 0 Å². The van der Waals surface area contributed by atoms with Crippen molar-refractivity contribution in [3.63, 3.8) is 0 Å². The van der Waals surface area contributed by atoms with Crippen molar-refractivity contribution in [1.82, 2.24) is 10.2 Å². The van der Waals surface area contributed by atoms with Gasteiger partial charge in [-0.2, -0.15) is 0 Å². The highest BCUT2D eigenvalue weighted by Gasteiger charge is 2.15. The molecule has 0 spiro atoms. The van der Waals surface area contributed by atoms with Gasteiger partial charge in [-0.05, 0) is 19.3 Å². The van der Waals surface area contributed by atoms with Crippen molar-refractivity contribution in [2.75, 3.05) is 50.9 Å². The lowest BCUT2D eigenvalue weighted by Gasteiger charge is -2.26. The first kappa shape index (κ1) is 18.8. The number of carbonyl (C=O) groups is 1. The number of amides is 1. The van der Waals surface area contributed by atoms with E-state index in [0.717, 1.165) is 56.8 Å². The molecule has 2 aliphatic rings. The van der Waals surface area contributed by atoms with E-state index in [1.807, 2.05) is 10.8 Å². The molecule has 7 heteroatoms. The number of hydrogen-bond donors (Lipinski definition) is 1.